The van der Waals surface area contributed by atoms with Gasteiger partial charge < -0.3 is 0 Å². The van der Waals surface area contributed by atoms with E-state index in [2.05, 4.69) is 4.97 Å². The van der Waals surface area contributed by atoms with Gasteiger partial charge in [-0.05, 0) is 0 Å². The molecule has 0 radical (unpaired) electrons. The number of methoxy groups -OCH3 is 3. The molecule has 0 fully saturated rings. The molecule has 0 heterocycles. The fourth-order valence-corrected chi connectivity index (χ4v) is 2.33. The molecule has 1 aromatic carbocycles. The molecule has 1 rings (SSSR count). The standard InChI is InChI=1S/C10H11NO3Se/c1-12-7-4-8(13-2)10(15-6-11)9(5-7)14-3/h4-5H,1-3H3. The van der Waals surface area contributed by atoms with Crippen LogP contribution in [-0.4, -0.2) is 36.3 Å². The summed E-state index contributed by atoms with van der Waals surface area (Å²) >= 11 is -0.317. The Kier molecular flexibility index (Phi) is 4.29. The van der Waals surface area contributed by atoms with Crippen molar-refractivity contribution in [2.75, 3.05) is 21.3 Å². The van der Waals surface area contributed by atoms with Crippen molar-refractivity contribution < 1.29 is 14.2 Å². The van der Waals surface area contributed by atoms with Gasteiger partial charge in [-0.1, -0.05) is 0 Å². The van der Waals surface area contributed by atoms with Crippen molar-refractivity contribution in [2.45, 2.75) is 0 Å². The Labute approximate surface area is 94.9 Å². The summed E-state index contributed by atoms with van der Waals surface area (Å²) in [5, 5.41) is 8.72. The van der Waals surface area contributed by atoms with Crippen LogP contribution in [0.15, 0.2) is 12.1 Å². The van der Waals surface area contributed by atoms with Crippen LogP contribution in [0.2, 0.25) is 0 Å². The topological polar surface area (TPSA) is 51.5 Å². The summed E-state index contributed by atoms with van der Waals surface area (Å²) in [6, 6.07) is 3.49. The molecular weight excluding hydrogens is 261 g/mol. The quantitative estimate of drug-likeness (QED) is 0.750. The molecule has 0 aliphatic heterocycles. The van der Waals surface area contributed by atoms with Crippen molar-refractivity contribution in [3.05, 3.63) is 12.1 Å². The predicted molar refractivity (Wildman–Crippen MR) is 57.1 cm³/mol. The van der Waals surface area contributed by atoms with Crippen LogP contribution in [0.25, 0.3) is 0 Å². The van der Waals surface area contributed by atoms with Gasteiger partial charge >= 0.3 is 94.6 Å². The molecule has 0 amide bonds. The molecule has 5 heteroatoms. The normalized spacial score (nSPS) is 9.20. The molecule has 0 aliphatic rings. The number of ether oxygens (including phenoxy) is 3. The maximum atomic E-state index is 8.72. The molecule has 0 aliphatic carbocycles. The molecule has 0 aromatic heterocycles. The van der Waals surface area contributed by atoms with Gasteiger partial charge in [-0.25, -0.2) is 0 Å². The zero-order chi connectivity index (χ0) is 11.3. The number of rotatable bonds is 4. The van der Waals surface area contributed by atoms with E-state index in [0.29, 0.717) is 17.2 Å². The second-order valence-electron chi connectivity index (χ2n) is 2.55. The van der Waals surface area contributed by atoms with Gasteiger partial charge in [-0.2, -0.15) is 0 Å². The molecule has 4 nitrogen and oxygen atoms in total. The van der Waals surface area contributed by atoms with E-state index in [-0.39, 0.29) is 15.0 Å². The molecule has 0 saturated carbocycles. The molecule has 0 spiro atoms. The van der Waals surface area contributed by atoms with Crippen LogP contribution < -0.4 is 18.7 Å². The first-order valence-electron chi connectivity index (χ1n) is 4.12. The van der Waals surface area contributed by atoms with E-state index in [1.165, 1.54) is 0 Å². The van der Waals surface area contributed by atoms with E-state index in [4.69, 9.17) is 19.5 Å². The van der Waals surface area contributed by atoms with E-state index in [0.717, 1.165) is 4.46 Å². The van der Waals surface area contributed by atoms with Crippen LogP contribution in [0.3, 0.4) is 0 Å². The third kappa shape index (κ3) is 2.56. The first-order chi connectivity index (χ1) is 7.26. The van der Waals surface area contributed by atoms with E-state index in [1.54, 1.807) is 33.5 Å². The zero-order valence-corrected chi connectivity index (χ0v) is 10.4. The van der Waals surface area contributed by atoms with Crippen molar-refractivity contribution in [1.29, 1.82) is 5.26 Å². The number of hydrogen-bond acceptors (Lipinski definition) is 4. The average Bonchev–Trinajstić information content (AvgIpc) is 2.29. The first-order valence-corrected chi connectivity index (χ1v) is 5.84. The Morgan fingerprint density at radius 3 is 1.93 bits per heavy atom. The molecule has 0 bridgehead atoms. The van der Waals surface area contributed by atoms with Crippen molar-refractivity contribution in [3.63, 3.8) is 0 Å². The van der Waals surface area contributed by atoms with Gasteiger partial charge in [-0.3, -0.25) is 0 Å². The van der Waals surface area contributed by atoms with Crippen LogP contribution in [0, 0.1) is 10.2 Å². The van der Waals surface area contributed by atoms with Gasteiger partial charge in [0.05, 0.1) is 0 Å². The Bertz CT molecular complexity index is 362. The molecule has 0 N–H and O–H groups in total. The van der Waals surface area contributed by atoms with Crippen LogP contribution >= 0.6 is 0 Å². The minimum atomic E-state index is -0.317. The summed E-state index contributed by atoms with van der Waals surface area (Å²) in [5.41, 5.74) is 0. The summed E-state index contributed by atoms with van der Waals surface area (Å²) in [5.74, 6) is 1.92. The maximum absolute atomic E-state index is 8.72. The number of hydrogen-bond donors (Lipinski definition) is 0. The number of nitrogens with zero attached hydrogens (tertiary/aromatic N) is 1. The third-order valence-electron chi connectivity index (χ3n) is 1.82. The van der Waals surface area contributed by atoms with Crippen molar-refractivity contribution in [1.82, 2.24) is 0 Å². The van der Waals surface area contributed by atoms with Crippen LogP contribution in [0.4, 0.5) is 0 Å². The molecule has 1 aromatic rings. The summed E-state index contributed by atoms with van der Waals surface area (Å²) in [7, 11) is 4.69. The third-order valence-corrected chi connectivity index (χ3v) is 3.28. The Balaban J connectivity index is 3.27. The van der Waals surface area contributed by atoms with Gasteiger partial charge in [0, 0.05) is 0 Å². The fourth-order valence-electron chi connectivity index (χ4n) is 1.12. The second-order valence-corrected chi connectivity index (χ2v) is 4.22. The van der Waals surface area contributed by atoms with E-state index in [9.17, 15) is 0 Å². The molecule has 0 atom stereocenters. The van der Waals surface area contributed by atoms with Gasteiger partial charge in [0.25, 0.3) is 0 Å². The number of nitriles is 1. The summed E-state index contributed by atoms with van der Waals surface area (Å²) in [6.45, 7) is 0. The van der Waals surface area contributed by atoms with E-state index in [1.807, 2.05) is 0 Å². The molecule has 0 saturated heterocycles. The SMILES string of the molecule is COc1cc(OC)c([Se]C#N)c(OC)c1. The minimum absolute atomic E-state index is 0.317. The van der Waals surface area contributed by atoms with Crippen molar-refractivity contribution in [3.8, 4) is 22.2 Å². The Morgan fingerprint density at radius 1 is 1.07 bits per heavy atom. The van der Waals surface area contributed by atoms with E-state index >= 15 is 0 Å². The monoisotopic (exact) mass is 273 g/mol. The Hall–Kier alpha value is -1.37. The van der Waals surface area contributed by atoms with Crippen LogP contribution in [0.1, 0.15) is 0 Å². The van der Waals surface area contributed by atoms with Gasteiger partial charge in [-0.15, -0.1) is 0 Å². The van der Waals surface area contributed by atoms with E-state index < -0.39 is 0 Å². The summed E-state index contributed by atoms with van der Waals surface area (Å²) in [4.78, 5) is 2.13. The molecule has 80 valence electrons. The van der Waals surface area contributed by atoms with Crippen LogP contribution in [-0.2, 0) is 0 Å². The predicted octanol–water partition coefficient (Wildman–Crippen LogP) is 0.523. The summed E-state index contributed by atoms with van der Waals surface area (Å²) in [6.07, 6.45) is 0. The summed E-state index contributed by atoms with van der Waals surface area (Å²) < 4.78 is 16.3. The number of benzene rings is 1. The molecule has 0 unspecified atom stereocenters. The average molecular weight is 272 g/mol. The second kappa shape index (κ2) is 5.50. The molecular formula is C10H11NO3Se. The Morgan fingerprint density at radius 2 is 1.60 bits per heavy atom. The molecule has 15 heavy (non-hydrogen) atoms. The first kappa shape index (κ1) is 11.7. The fraction of sp³-hybridized carbons (Fsp3) is 0.300. The zero-order valence-electron chi connectivity index (χ0n) is 8.73. The van der Waals surface area contributed by atoms with Gasteiger partial charge in [0.15, 0.2) is 0 Å². The van der Waals surface area contributed by atoms with Gasteiger partial charge in [0.1, 0.15) is 0 Å². The van der Waals surface area contributed by atoms with Crippen LogP contribution in [0.5, 0.6) is 17.2 Å². The van der Waals surface area contributed by atoms with Gasteiger partial charge in [0.2, 0.25) is 0 Å². The van der Waals surface area contributed by atoms with Crippen molar-refractivity contribution >= 4 is 19.4 Å². The van der Waals surface area contributed by atoms with Crippen molar-refractivity contribution in [2.24, 2.45) is 0 Å².